The lowest BCUT2D eigenvalue weighted by Crippen LogP contribution is -2.53. The average Bonchev–Trinajstić information content (AvgIpc) is 2.69. The van der Waals surface area contributed by atoms with Gasteiger partial charge in [0.25, 0.3) is 0 Å². The van der Waals surface area contributed by atoms with Crippen molar-refractivity contribution in [1.82, 2.24) is 20.2 Å². The second-order valence-corrected chi connectivity index (χ2v) is 4.29. The van der Waals surface area contributed by atoms with Crippen molar-refractivity contribution >= 4 is 0 Å². The summed E-state index contributed by atoms with van der Waals surface area (Å²) in [7, 11) is 0. The monoisotopic (exact) mass is 192 g/mol. The van der Waals surface area contributed by atoms with Gasteiger partial charge in [0, 0.05) is 18.9 Å². The number of imidazole rings is 1. The molecule has 2 N–H and O–H groups in total. The number of hydrogen-bond acceptors (Lipinski definition) is 3. The zero-order valence-corrected chi connectivity index (χ0v) is 8.29. The van der Waals surface area contributed by atoms with E-state index >= 15 is 0 Å². The van der Waals surface area contributed by atoms with Crippen LogP contribution in [0.15, 0.2) is 12.4 Å². The normalized spacial score (nSPS) is 24.9. The smallest absolute Gasteiger partial charge is 0.123 e. The molecule has 1 fully saturated rings. The van der Waals surface area contributed by atoms with Crippen LogP contribution in [0.3, 0.4) is 0 Å². The van der Waals surface area contributed by atoms with E-state index < -0.39 is 0 Å². The van der Waals surface area contributed by atoms with Gasteiger partial charge in [0.2, 0.25) is 0 Å². The largest absolute Gasteiger partial charge is 0.326 e. The molecule has 0 radical (unpaired) electrons. The molecule has 1 aromatic rings. The molecule has 2 aliphatic rings. The minimum atomic E-state index is 0.301. The lowest BCUT2D eigenvalue weighted by molar-refractivity contribution is 0.171. The van der Waals surface area contributed by atoms with Crippen molar-refractivity contribution < 1.29 is 0 Å². The zero-order valence-electron chi connectivity index (χ0n) is 8.29. The lowest BCUT2D eigenvalue weighted by Gasteiger charge is -2.42. The molecule has 0 unspecified atom stereocenters. The van der Waals surface area contributed by atoms with Crippen LogP contribution >= 0.6 is 0 Å². The summed E-state index contributed by atoms with van der Waals surface area (Å²) in [6, 6.07) is 0. The predicted octanol–water partition coefficient (Wildman–Crippen LogP) is 0.0650. The van der Waals surface area contributed by atoms with Crippen LogP contribution in [-0.4, -0.2) is 29.2 Å². The molecule has 1 spiro atoms. The minimum Gasteiger partial charge on any atom is -0.326 e. The van der Waals surface area contributed by atoms with E-state index in [0.717, 1.165) is 26.2 Å². The molecule has 0 aromatic carbocycles. The Kier molecular flexibility index (Phi) is 1.85. The van der Waals surface area contributed by atoms with Gasteiger partial charge in [-0.1, -0.05) is 0 Å². The van der Waals surface area contributed by atoms with Crippen molar-refractivity contribution in [2.24, 2.45) is 0 Å². The number of piperidine rings is 1. The van der Waals surface area contributed by atoms with E-state index in [9.17, 15) is 0 Å². The number of hydrogen-bond donors (Lipinski definition) is 2. The van der Waals surface area contributed by atoms with Gasteiger partial charge in [-0.3, -0.25) is 0 Å². The van der Waals surface area contributed by atoms with Gasteiger partial charge < -0.3 is 15.2 Å². The molecule has 0 bridgehead atoms. The highest BCUT2D eigenvalue weighted by Gasteiger charge is 2.37. The maximum absolute atomic E-state index is 4.39. The van der Waals surface area contributed by atoms with E-state index in [1.54, 1.807) is 0 Å². The Bertz CT molecular complexity index is 325. The van der Waals surface area contributed by atoms with Crippen LogP contribution in [0.4, 0.5) is 0 Å². The van der Waals surface area contributed by atoms with Crippen LogP contribution < -0.4 is 10.6 Å². The molecule has 14 heavy (non-hydrogen) atoms. The van der Waals surface area contributed by atoms with Crippen LogP contribution in [-0.2, 0) is 12.1 Å². The molecule has 3 heterocycles. The third-order valence-corrected chi connectivity index (χ3v) is 3.50. The summed E-state index contributed by atoms with van der Waals surface area (Å²) in [6.45, 7) is 4.26. The van der Waals surface area contributed by atoms with Crippen LogP contribution in [0.25, 0.3) is 0 Å². The fourth-order valence-corrected chi connectivity index (χ4v) is 2.70. The van der Waals surface area contributed by atoms with E-state index in [1.165, 1.54) is 18.7 Å². The molecular weight excluding hydrogens is 176 g/mol. The van der Waals surface area contributed by atoms with Crippen LogP contribution in [0.1, 0.15) is 18.7 Å². The minimum absolute atomic E-state index is 0.301. The number of aromatic nitrogens is 2. The standard InChI is InChI=1S/C10H16N4/c1-3-11-4-2-10(1)8-12-7-9-13-5-6-14(9)10/h5-6,11-12H,1-4,7-8H2. The van der Waals surface area contributed by atoms with Gasteiger partial charge in [-0.05, 0) is 25.9 Å². The molecule has 0 saturated carbocycles. The van der Waals surface area contributed by atoms with E-state index in [4.69, 9.17) is 0 Å². The molecule has 0 atom stereocenters. The summed E-state index contributed by atoms with van der Waals surface area (Å²) in [4.78, 5) is 4.39. The van der Waals surface area contributed by atoms with Gasteiger partial charge in [0.15, 0.2) is 0 Å². The molecule has 0 aliphatic carbocycles. The first-order valence-corrected chi connectivity index (χ1v) is 5.35. The molecular formula is C10H16N4. The number of rotatable bonds is 0. The summed E-state index contributed by atoms with van der Waals surface area (Å²) < 4.78 is 2.39. The van der Waals surface area contributed by atoms with Crippen LogP contribution in [0.5, 0.6) is 0 Å². The van der Waals surface area contributed by atoms with Gasteiger partial charge in [-0.15, -0.1) is 0 Å². The first-order valence-electron chi connectivity index (χ1n) is 5.35. The van der Waals surface area contributed by atoms with E-state index in [2.05, 4.69) is 26.4 Å². The highest BCUT2D eigenvalue weighted by Crippen LogP contribution is 2.30. The Morgan fingerprint density at radius 2 is 2.14 bits per heavy atom. The molecule has 2 aliphatic heterocycles. The first-order chi connectivity index (χ1) is 6.91. The average molecular weight is 192 g/mol. The lowest BCUT2D eigenvalue weighted by atomic mass is 9.86. The maximum Gasteiger partial charge on any atom is 0.123 e. The van der Waals surface area contributed by atoms with Crippen molar-refractivity contribution in [3.05, 3.63) is 18.2 Å². The van der Waals surface area contributed by atoms with Gasteiger partial charge in [0.05, 0.1) is 12.1 Å². The Balaban J connectivity index is 2.01. The molecule has 1 aromatic heterocycles. The second kappa shape index (κ2) is 3.07. The highest BCUT2D eigenvalue weighted by molar-refractivity contribution is 5.07. The third kappa shape index (κ3) is 1.11. The van der Waals surface area contributed by atoms with Gasteiger partial charge in [0.1, 0.15) is 5.82 Å². The number of nitrogens with one attached hydrogen (secondary N) is 2. The highest BCUT2D eigenvalue weighted by atomic mass is 15.2. The van der Waals surface area contributed by atoms with E-state index in [-0.39, 0.29) is 0 Å². The van der Waals surface area contributed by atoms with Gasteiger partial charge in [-0.2, -0.15) is 0 Å². The third-order valence-electron chi connectivity index (χ3n) is 3.50. The molecule has 4 heteroatoms. The molecule has 76 valence electrons. The van der Waals surface area contributed by atoms with Gasteiger partial charge >= 0.3 is 0 Å². The van der Waals surface area contributed by atoms with Crippen LogP contribution in [0.2, 0.25) is 0 Å². The number of fused-ring (bicyclic) bond motifs is 2. The fourth-order valence-electron chi connectivity index (χ4n) is 2.70. The van der Waals surface area contributed by atoms with Crippen molar-refractivity contribution in [2.75, 3.05) is 19.6 Å². The topological polar surface area (TPSA) is 41.9 Å². The number of nitrogens with zero attached hydrogens (tertiary/aromatic N) is 2. The van der Waals surface area contributed by atoms with Crippen molar-refractivity contribution in [3.8, 4) is 0 Å². The molecule has 3 rings (SSSR count). The summed E-state index contributed by atoms with van der Waals surface area (Å²) in [5, 5.41) is 6.89. The Morgan fingerprint density at radius 1 is 1.29 bits per heavy atom. The van der Waals surface area contributed by atoms with E-state index in [0.29, 0.717) is 5.54 Å². The maximum atomic E-state index is 4.39. The Hall–Kier alpha value is -0.870. The van der Waals surface area contributed by atoms with Crippen LogP contribution in [0, 0.1) is 0 Å². The summed E-state index contributed by atoms with van der Waals surface area (Å²) in [6.07, 6.45) is 6.49. The molecule has 0 amide bonds. The Labute approximate surface area is 83.7 Å². The SMILES string of the molecule is c1cn2c(n1)CNCC21CCNCC1. The Morgan fingerprint density at radius 3 is 3.00 bits per heavy atom. The quantitative estimate of drug-likeness (QED) is 0.611. The fraction of sp³-hybridized carbons (Fsp3) is 0.700. The van der Waals surface area contributed by atoms with E-state index in [1.807, 2.05) is 6.20 Å². The van der Waals surface area contributed by atoms with Crippen molar-refractivity contribution in [2.45, 2.75) is 24.9 Å². The van der Waals surface area contributed by atoms with Gasteiger partial charge in [-0.25, -0.2) is 4.98 Å². The second-order valence-electron chi connectivity index (χ2n) is 4.29. The molecule has 1 saturated heterocycles. The summed E-state index contributed by atoms with van der Waals surface area (Å²) >= 11 is 0. The van der Waals surface area contributed by atoms with Crippen molar-refractivity contribution in [3.63, 3.8) is 0 Å². The summed E-state index contributed by atoms with van der Waals surface area (Å²) in [5.41, 5.74) is 0.301. The van der Waals surface area contributed by atoms with Crippen molar-refractivity contribution in [1.29, 1.82) is 0 Å². The summed E-state index contributed by atoms with van der Waals surface area (Å²) in [5.74, 6) is 1.19. The molecule has 4 nitrogen and oxygen atoms in total. The zero-order chi connectivity index (χ0) is 9.43. The first kappa shape index (κ1) is 8.44. The predicted molar refractivity (Wildman–Crippen MR) is 54.0 cm³/mol.